The molecule has 4 heterocycles. The Morgan fingerprint density at radius 3 is 2.96 bits per heavy atom. The van der Waals surface area contributed by atoms with Crippen LogP contribution in [0.25, 0.3) is 0 Å². The van der Waals surface area contributed by atoms with E-state index in [9.17, 15) is 4.79 Å². The molecule has 0 radical (unpaired) electrons. The van der Waals surface area contributed by atoms with Crippen molar-refractivity contribution >= 4 is 5.91 Å². The van der Waals surface area contributed by atoms with E-state index in [4.69, 9.17) is 4.74 Å². The minimum atomic E-state index is 0.0453. The molecule has 0 bridgehead atoms. The topological polar surface area (TPSA) is 50.6 Å². The van der Waals surface area contributed by atoms with Gasteiger partial charge in [-0.1, -0.05) is 0 Å². The fourth-order valence-corrected chi connectivity index (χ4v) is 4.14. The highest BCUT2D eigenvalue weighted by atomic mass is 16.5. The summed E-state index contributed by atoms with van der Waals surface area (Å²) in [6, 6.07) is 0. The Morgan fingerprint density at radius 1 is 1.30 bits per heavy atom. The number of rotatable bonds is 3. The molecule has 0 saturated carbocycles. The number of ether oxygens (including phenoxy) is 1. The highest BCUT2D eigenvalue weighted by Crippen LogP contribution is 2.22. The highest BCUT2D eigenvalue weighted by molar-refractivity contribution is 5.79. The van der Waals surface area contributed by atoms with Crippen LogP contribution in [-0.4, -0.2) is 64.7 Å². The number of carbonyl (C=O) groups excluding carboxylic acids is 1. The van der Waals surface area contributed by atoms with Crippen molar-refractivity contribution in [1.82, 2.24) is 19.4 Å². The minimum Gasteiger partial charge on any atom is -0.381 e. The Bertz CT molecular complexity index is 547. The van der Waals surface area contributed by atoms with Gasteiger partial charge in [0.1, 0.15) is 5.82 Å². The lowest BCUT2D eigenvalue weighted by molar-refractivity contribution is -0.136. The van der Waals surface area contributed by atoms with Crippen LogP contribution in [-0.2, 0) is 22.6 Å². The van der Waals surface area contributed by atoms with Gasteiger partial charge >= 0.3 is 0 Å². The first-order valence-electron chi connectivity index (χ1n) is 8.88. The lowest BCUT2D eigenvalue weighted by Gasteiger charge is -2.28. The number of amides is 1. The third-order valence-electron chi connectivity index (χ3n) is 5.37. The Hall–Kier alpha value is -1.40. The van der Waals surface area contributed by atoms with Crippen LogP contribution in [0, 0.1) is 11.8 Å². The van der Waals surface area contributed by atoms with Crippen LogP contribution in [0.2, 0.25) is 0 Å². The van der Waals surface area contributed by atoms with Gasteiger partial charge in [-0.25, -0.2) is 4.98 Å². The highest BCUT2D eigenvalue weighted by Gasteiger charge is 2.32. The standard InChI is InChI=1S/C17H26N4O2/c22-17(15-3-8-23-13-15)21-11-14(9-19-5-1-2-6-19)10-20-7-4-18-16(20)12-21/h4,7,14-15H,1-3,5-6,8-13H2. The van der Waals surface area contributed by atoms with Crippen LogP contribution in [0.1, 0.15) is 25.1 Å². The summed E-state index contributed by atoms with van der Waals surface area (Å²) in [5.41, 5.74) is 0. The van der Waals surface area contributed by atoms with Gasteiger partial charge in [-0.2, -0.15) is 0 Å². The normalized spacial score (nSPS) is 28.8. The zero-order valence-corrected chi connectivity index (χ0v) is 13.7. The van der Waals surface area contributed by atoms with Crippen LogP contribution in [0.4, 0.5) is 0 Å². The first kappa shape index (κ1) is 15.1. The van der Waals surface area contributed by atoms with Crippen molar-refractivity contribution in [1.29, 1.82) is 0 Å². The number of hydrogen-bond donors (Lipinski definition) is 0. The molecule has 3 aliphatic rings. The SMILES string of the molecule is O=C(C1CCOC1)N1Cc2nccn2CC(CN2CCCC2)C1. The molecule has 6 nitrogen and oxygen atoms in total. The van der Waals surface area contributed by atoms with Crippen LogP contribution in [0.15, 0.2) is 12.4 Å². The number of fused-ring (bicyclic) bond motifs is 1. The molecule has 1 aromatic heterocycles. The van der Waals surface area contributed by atoms with Gasteiger partial charge in [0, 0.05) is 44.6 Å². The molecule has 4 rings (SSSR count). The number of hydrogen-bond acceptors (Lipinski definition) is 4. The Morgan fingerprint density at radius 2 is 2.17 bits per heavy atom. The predicted molar refractivity (Wildman–Crippen MR) is 85.7 cm³/mol. The van der Waals surface area contributed by atoms with E-state index in [0.29, 0.717) is 19.1 Å². The van der Waals surface area contributed by atoms with Crippen molar-refractivity contribution in [3.05, 3.63) is 18.2 Å². The fraction of sp³-hybridized carbons (Fsp3) is 0.765. The van der Waals surface area contributed by atoms with Crippen molar-refractivity contribution < 1.29 is 9.53 Å². The molecule has 23 heavy (non-hydrogen) atoms. The molecule has 0 aromatic carbocycles. The zero-order valence-electron chi connectivity index (χ0n) is 13.7. The number of imidazole rings is 1. The number of likely N-dealkylation sites (tertiary alicyclic amines) is 1. The average Bonchev–Trinajstić information content (AvgIpc) is 3.28. The van der Waals surface area contributed by atoms with Gasteiger partial charge in [-0.05, 0) is 32.4 Å². The van der Waals surface area contributed by atoms with Gasteiger partial charge in [0.2, 0.25) is 5.91 Å². The first-order valence-corrected chi connectivity index (χ1v) is 8.88. The molecule has 2 saturated heterocycles. The van der Waals surface area contributed by atoms with E-state index in [1.165, 1.54) is 25.9 Å². The smallest absolute Gasteiger partial charge is 0.228 e. The van der Waals surface area contributed by atoms with Crippen LogP contribution in [0.3, 0.4) is 0 Å². The predicted octanol–water partition coefficient (Wildman–Crippen LogP) is 0.974. The molecule has 126 valence electrons. The Balaban J connectivity index is 1.50. The summed E-state index contributed by atoms with van der Waals surface area (Å²) < 4.78 is 7.65. The lowest BCUT2D eigenvalue weighted by Crippen LogP contribution is -2.41. The Labute approximate surface area is 137 Å². The maximum absolute atomic E-state index is 12.9. The maximum Gasteiger partial charge on any atom is 0.228 e. The number of carbonyl (C=O) groups is 1. The van der Waals surface area contributed by atoms with E-state index in [2.05, 4.69) is 20.6 Å². The molecule has 6 heteroatoms. The second-order valence-electron chi connectivity index (χ2n) is 7.15. The lowest BCUT2D eigenvalue weighted by atomic mass is 10.0. The molecule has 1 amide bonds. The average molecular weight is 318 g/mol. The molecule has 0 N–H and O–H groups in total. The molecule has 2 unspecified atom stereocenters. The van der Waals surface area contributed by atoms with Crippen molar-refractivity contribution in [2.45, 2.75) is 32.4 Å². The quantitative estimate of drug-likeness (QED) is 0.833. The van der Waals surface area contributed by atoms with E-state index in [1.807, 2.05) is 11.1 Å². The van der Waals surface area contributed by atoms with Crippen molar-refractivity contribution in [3.8, 4) is 0 Å². The second kappa shape index (κ2) is 6.61. The van der Waals surface area contributed by atoms with Crippen molar-refractivity contribution in [2.24, 2.45) is 11.8 Å². The number of aromatic nitrogens is 2. The minimum absolute atomic E-state index is 0.0453. The van der Waals surface area contributed by atoms with Gasteiger partial charge < -0.3 is 19.1 Å². The molecule has 0 aliphatic carbocycles. The summed E-state index contributed by atoms with van der Waals surface area (Å²) in [5, 5.41) is 0. The number of nitrogens with zero attached hydrogens (tertiary/aromatic N) is 4. The van der Waals surface area contributed by atoms with E-state index in [-0.39, 0.29) is 11.8 Å². The third-order valence-corrected chi connectivity index (χ3v) is 5.37. The summed E-state index contributed by atoms with van der Waals surface area (Å²) in [6.45, 7) is 7.25. The monoisotopic (exact) mass is 318 g/mol. The van der Waals surface area contributed by atoms with Gasteiger partial charge in [0.15, 0.2) is 0 Å². The third kappa shape index (κ3) is 3.28. The molecule has 2 fully saturated rings. The molecule has 2 atom stereocenters. The van der Waals surface area contributed by atoms with Crippen LogP contribution >= 0.6 is 0 Å². The first-order chi connectivity index (χ1) is 11.3. The van der Waals surface area contributed by atoms with E-state index >= 15 is 0 Å². The van der Waals surface area contributed by atoms with Gasteiger partial charge in [0.25, 0.3) is 0 Å². The summed E-state index contributed by atoms with van der Waals surface area (Å²) in [7, 11) is 0. The zero-order chi connectivity index (χ0) is 15.6. The molecular formula is C17H26N4O2. The van der Waals surface area contributed by atoms with E-state index < -0.39 is 0 Å². The van der Waals surface area contributed by atoms with Crippen molar-refractivity contribution in [3.63, 3.8) is 0 Å². The summed E-state index contributed by atoms with van der Waals surface area (Å²) in [4.78, 5) is 21.9. The summed E-state index contributed by atoms with van der Waals surface area (Å²) >= 11 is 0. The van der Waals surface area contributed by atoms with Crippen LogP contribution in [0.5, 0.6) is 0 Å². The Kier molecular flexibility index (Phi) is 4.35. The second-order valence-corrected chi connectivity index (χ2v) is 7.15. The van der Waals surface area contributed by atoms with Gasteiger partial charge in [0.05, 0.1) is 19.1 Å². The van der Waals surface area contributed by atoms with Crippen molar-refractivity contribution in [2.75, 3.05) is 39.4 Å². The largest absolute Gasteiger partial charge is 0.381 e. The van der Waals surface area contributed by atoms with E-state index in [0.717, 1.165) is 38.5 Å². The van der Waals surface area contributed by atoms with Gasteiger partial charge in [-0.15, -0.1) is 0 Å². The molecule has 0 spiro atoms. The molecule has 3 aliphatic heterocycles. The summed E-state index contributed by atoms with van der Waals surface area (Å²) in [5.74, 6) is 1.80. The van der Waals surface area contributed by atoms with Gasteiger partial charge in [-0.3, -0.25) is 4.79 Å². The summed E-state index contributed by atoms with van der Waals surface area (Å²) in [6.07, 6.45) is 7.39. The fourth-order valence-electron chi connectivity index (χ4n) is 4.14. The molecular weight excluding hydrogens is 292 g/mol. The molecule has 1 aromatic rings. The van der Waals surface area contributed by atoms with Crippen LogP contribution < -0.4 is 0 Å². The maximum atomic E-state index is 12.9. The van der Waals surface area contributed by atoms with E-state index in [1.54, 1.807) is 0 Å².